The van der Waals surface area contributed by atoms with Crippen LogP contribution in [-0.4, -0.2) is 24.4 Å². The highest BCUT2D eigenvalue weighted by Gasteiger charge is 2.34. The molecule has 0 bridgehead atoms. The molecule has 0 aliphatic rings. The van der Waals surface area contributed by atoms with E-state index < -0.39 is 34.2 Å². The predicted octanol–water partition coefficient (Wildman–Crippen LogP) is 3.62. The molecule has 3 aromatic rings. The largest absolute Gasteiger partial charge is 0.468 e. The van der Waals surface area contributed by atoms with Gasteiger partial charge in [-0.25, -0.2) is 4.98 Å². The molecular weight excluding hydrogens is 417 g/mol. The van der Waals surface area contributed by atoms with Crippen LogP contribution in [-0.2, 0) is 19.8 Å². The van der Waals surface area contributed by atoms with Crippen molar-refractivity contribution in [3.05, 3.63) is 57.1 Å². The van der Waals surface area contributed by atoms with Crippen molar-refractivity contribution in [1.82, 2.24) is 19.5 Å². The van der Waals surface area contributed by atoms with Gasteiger partial charge in [0.1, 0.15) is 12.4 Å². The van der Waals surface area contributed by atoms with E-state index in [1.54, 1.807) is 24.3 Å². The van der Waals surface area contributed by atoms with E-state index in [1.807, 2.05) is 0 Å². The summed E-state index contributed by atoms with van der Waals surface area (Å²) >= 11 is 5.65. The highest BCUT2D eigenvalue weighted by molar-refractivity contribution is 6.28. The number of nitro groups is 1. The summed E-state index contributed by atoms with van der Waals surface area (Å²) in [6.45, 7) is -0.123. The molecule has 0 saturated carbocycles. The fraction of sp³-hybridized carbons (Fsp3) is 0.188. The zero-order valence-electron chi connectivity index (χ0n) is 14.6. The lowest BCUT2D eigenvalue weighted by molar-refractivity contribution is -0.385. The number of hydrogen-bond acceptors (Lipinski definition) is 7. The fourth-order valence-electron chi connectivity index (χ4n) is 2.47. The van der Waals surface area contributed by atoms with Crippen molar-refractivity contribution in [2.45, 2.75) is 12.8 Å². The van der Waals surface area contributed by atoms with Crippen LogP contribution in [0.15, 0.2) is 30.5 Å². The summed E-state index contributed by atoms with van der Waals surface area (Å²) in [6, 6.07) is 6.26. The first kappa shape index (κ1) is 20.3. The Morgan fingerprint density at radius 2 is 1.90 bits per heavy atom. The van der Waals surface area contributed by atoms with E-state index in [1.165, 1.54) is 11.6 Å². The first-order valence-electron chi connectivity index (χ1n) is 7.86. The quantitative estimate of drug-likeness (QED) is 0.374. The molecule has 0 aliphatic heterocycles. The number of rotatable bonds is 5. The third kappa shape index (κ3) is 4.37. The molecule has 2 N–H and O–H groups in total. The maximum Gasteiger partial charge on any atom is 0.434 e. The van der Waals surface area contributed by atoms with E-state index in [4.69, 9.17) is 22.1 Å². The summed E-state index contributed by atoms with van der Waals surface area (Å²) < 4.78 is 45.0. The highest BCUT2D eigenvalue weighted by atomic mass is 35.5. The minimum atomic E-state index is -4.54. The molecule has 13 heteroatoms. The lowest BCUT2D eigenvalue weighted by Crippen LogP contribution is -2.06. The predicted molar refractivity (Wildman–Crippen MR) is 96.1 cm³/mol. The van der Waals surface area contributed by atoms with Gasteiger partial charge in [0.2, 0.25) is 11.1 Å². The minimum Gasteiger partial charge on any atom is -0.468 e. The van der Waals surface area contributed by atoms with Crippen LogP contribution in [0.2, 0.25) is 5.28 Å². The minimum absolute atomic E-state index is 0.123. The van der Waals surface area contributed by atoms with Gasteiger partial charge >= 0.3 is 17.7 Å². The number of hydrogen-bond donors (Lipinski definition) is 1. The van der Waals surface area contributed by atoms with E-state index in [0.29, 0.717) is 11.1 Å². The van der Waals surface area contributed by atoms with Crippen molar-refractivity contribution in [2.75, 3.05) is 5.73 Å². The Labute approximate surface area is 166 Å². The molecule has 152 valence electrons. The van der Waals surface area contributed by atoms with Gasteiger partial charge in [-0.2, -0.15) is 23.1 Å². The van der Waals surface area contributed by atoms with Crippen LogP contribution >= 0.6 is 11.6 Å². The number of nitrogens with two attached hydrogens (primary N) is 1. The van der Waals surface area contributed by atoms with Crippen molar-refractivity contribution >= 4 is 23.1 Å². The second kappa shape index (κ2) is 7.54. The summed E-state index contributed by atoms with van der Waals surface area (Å²) in [5.41, 5.74) is 4.89. The molecule has 0 spiro atoms. The van der Waals surface area contributed by atoms with Crippen LogP contribution in [0.4, 0.5) is 24.7 Å². The molecule has 9 nitrogen and oxygen atoms in total. The molecule has 1 aromatic carbocycles. The zero-order valence-corrected chi connectivity index (χ0v) is 15.4. The van der Waals surface area contributed by atoms with E-state index >= 15 is 0 Å². The van der Waals surface area contributed by atoms with Gasteiger partial charge in [0.05, 0.1) is 4.92 Å². The van der Waals surface area contributed by atoms with E-state index in [9.17, 15) is 23.3 Å². The van der Waals surface area contributed by atoms with Crippen LogP contribution in [0.5, 0.6) is 5.88 Å². The third-order valence-electron chi connectivity index (χ3n) is 3.79. The molecule has 0 fully saturated rings. The topological polar surface area (TPSA) is 122 Å². The van der Waals surface area contributed by atoms with Crippen molar-refractivity contribution < 1.29 is 22.8 Å². The number of nitrogens with zero attached hydrogens (tertiary/aromatic N) is 5. The standard InChI is InChI=1S/C16H12ClF3N6O3/c1-25-6-10(16(18,19)20)22-13(25)9-4-2-8(3-5-9)7-29-14-11(26(27)28)12(21)23-15(17)24-14/h2-6H,7H2,1H3,(H2,21,23,24). The molecule has 0 unspecified atom stereocenters. The Bertz CT molecular complexity index is 1070. The van der Waals surface area contributed by atoms with E-state index in [-0.39, 0.29) is 17.7 Å². The fourth-order valence-corrected chi connectivity index (χ4v) is 2.64. The van der Waals surface area contributed by atoms with Gasteiger partial charge in [-0.15, -0.1) is 0 Å². The maximum atomic E-state index is 12.8. The first-order chi connectivity index (χ1) is 13.6. The summed E-state index contributed by atoms with van der Waals surface area (Å²) in [5.74, 6) is -0.693. The number of aryl methyl sites for hydroxylation is 1. The van der Waals surface area contributed by atoms with Gasteiger partial charge in [0.15, 0.2) is 5.69 Å². The van der Waals surface area contributed by atoms with Gasteiger partial charge in [0.25, 0.3) is 0 Å². The van der Waals surface area contributed by atoms with Crippen molar-refractivity contribution in [2.24, 2.45) is 7.05 Å². The molecule has 0 amide bonds. The maximum absolute atomic E-state index is 12.8. The molecule has 0 saturated heterocycles. The molecule has 3 rings (SSSR count). The van der Waals surface area contributed by atoms with E-state index in [0.717, 1.165) is 6.20 Å². The van der Waals surface area contributed by atoms with Crippen LogP contribution in [0, 0.1) is 10.1 Å². The van der Waals surface area contributed by atoms with Crippen molar-refractivity contribution in [3.8, 4) is 17.3 Å². The highest BCUT2D eigenvalue weighted by Crippen LogP contribution is 2.32. The third-order valence-corrected chi connectivity index (χ3v) is 3.96. The van der Waals surface area contributed by atoms with Gasteiger partial charge in [-0.1, -0.05) is 24.3 Å². The number of nitrogen functional groups attached to an aromatic ring is 1. The van der Waals surface area contributed by atoms with Gasteiger partial charge in [-0.05, 0) is 17.2 Å². The zero-order chi connectivity index (χ0) is 21.3. The number of aromatic nitrogens is 4. The number of benzene rings is 1. The summed E-state index contributed by atoms with van der Waals surface area (Å²) in [6.07, 6.45) is -3.64. The second-order valence-corrected chi connectivity index (χ2v) is 6.17. The average molecular weight is 429 g/mol. The average Bonchev–Trinajstić information content (AvgIpc) is 3.01. The van der Waals surface area contributed by atoms with Gasteiger partial charge < -0.3 is 15.0 Å². The van der Waals surface area contributed by atoms with Gasteiger partial charge in [0, 0.05) is 18.8 Å². The molecule has 2 aromatic heterocycles. The smallest absolute Gasteiger partial charge is 0.434 e. The Morgan fingerprint density at radius 3 is 2.45 bits per heavy atom. The molecular formula is C16H12ClF3N6O3. The molecule has 0 atom stereocenters. The molecule has 0 radical (unpaired) electrons. The Kier molecular flexibility index (Phi) is 5.29. The van der Waals surface area contributed by atoms with Crippen molar-refractivity contribution in [1.29, 1.82) is 0 Å². The Balaban J connectivity index is 1.79. The SMILES string of the molecule is Cn1cc(C(F)(F)F)nc1-c1ccc(COc2nc(Cl)nc(N)c2[N+](=O)[O-])cc1. The Morgan fingerprint density at radius 1 is 1.24 bits per heavy atom. The lowest BCUT2D eigenvalue weighted by Gasteiger charge is -2.08. The van der Waals surface area contributed by atoms with Crippen LogP contribution in [0.3, 0.4) is 0 Å². The Hall–Kier alpha value is -3.41. The molecule has 2 heterocycles. The van der Waals surface area contributed by atoms with Crippen LogP contribution in [0.25, 0.3) is 11.4 Å². The number of ether oxygens (including phenoxy) is 1. The van der Waals surface area contributed by atoms with Crippen LogP contribution in [0.1, 0.15) is 11.3 Å². The monoisotopic (exact) mass is 428 g/mol. The normalized spacial score (nSPS) is 11.5. The lowest BCUT2D eigenvalue weighted by atomic mass is 10.1. The van der Waals surface area contributed by atoms with Crippen molar-refractivity contribution in [3.63, 3.8) is 0 Å². The van der Waals surface area contributed by atoms with Crippen LogP contribution < -0.4 is 10.5 Å². The van der Waals surface area contributed by atoms with E-state index in [2.05, 4.69) is 15.0 Å². The number of anilines is 1. The number of halogens is 4. The van der Waals surface area contributed by atoms with Gasteiger partial charge in [-0.3, -0.25) is 10.1 Å². The molecule has 0 aliphatic carbocycles. The number of alkyl halides is 3. The summed E-state index contributed by atoms with van der Waals surface area (Å²) in [7, 11) is 1.46. The summed E-state index contributed by atoms with van der Waals surface area (Å²) in [5, 5.41) is 10.8. The second-order valence-electron chi connectivity index (χ2n) is 5.83. The number of imidazole rings is 1. The summed E-state index contributed by atoms with van der Waals surface area (Å²) in [4.78, 5) is 21.1. The molecule has 29 heavy (non-hydrogen) atoms. The first-order valence-corrected chi connectivity index (χ1v) is 8.24.